The van der Waals surface area contributed by atoms with Gasteiger partial charge in [0.15, 0.2) is 0 Å². The summed E-state index contributed by atoms with van der Waals surface area (Å²) < 4.78 is 7.68. The fourth-order valence-electron chi connectivity index (χ4n) is 3.27. The summed E-state index contributed by atoms with van der Waals surface area (Å²) in [7, 11) is 2.93. The first-order valence-electron chi connectivity index (χ1n) is 9.22. The van der Waals surface area contributed by atoms with Gasteiger partial charge in [-0.3, -0.25) is 23.7 Å². The van der Waals surface area contributed by atoms with Crippen molar-refractivity contribution >= 4 is 16.9 Å². The third kappa shape index (κ3) is 3.52. The second-order valence-corrected chi connectivity index (χ2v) is 6.90. The maximum Gasteiger partial charge on any atom is 0.332 e. The molecule has 0 spiro atoms. The van der Waals surface area contributed by atoms with Crippen molar-refractivity contribution in [2.45, 2.75) is 13.1 Å². The Morgan fingerprint density at radius 3 is 2.63 bits per heavy atom. The van der Waals surface area contributed by atoms with Crippen molar-refractivity contribution in [1.29, 1.82) is 0 Å². The smallest absolute Gasteiger partial charge is 0.332 e. The summed E-state index contributed by atoms with van der Waals surface area (Å²) in [6.45, 7) is 0.542. The zero-order valence-electron chi connectivity index (χ0n) is 16.5. The van der Waals surface area contributed by atoms with Crippen molar-refractivity contribution in [2.75, 3.05) is 0 Å². The highest BCUT2D eigenvalue weighted by atomic mass is 16.3. The lowest BCUT2D eigenvalue weighted by Crippen LogP contribution is -2.37. The Morgan fingerprint density at radius 2 is 1.93 bits per heavy atom. The molecule has 0 unspecified atom stereocenters. The standard InChI is InChI=1S/C21H19N5O4/c1-24-18-17(20(28)25(2)21(24)29)9-15(11-23-18)19(27)26(13-16-6-4-8-30-16)12-14-5-3-7-22-10-14/h3-11H,12-13H2,1-2H3. The lowest BCUT2D eigenvalue weighted by Gasteiger charge is -2.22. The summed E-state index contributed by atoms with van der Waals surface area (Å²) >= 11 is 0. The monoisotopic (exact) mass is 405 g/mol. The van der Waals surface area contributed by atoms with E-state index >= 15 is 0 Å². The van der Waals surface area contributed by atoms with Gasteiger partial charge < -0.3 is 9.32 Å². The minimum Gasteiger partial charge on any atom is -0.467 e. The Morgan fingerprint density at radius 1 is 1.10 bits per heavy atom. The molecule has 4 heterocycles. The number of carbonyl (C=O) groups excluding carboxylic acids is 1. The Hall–Kier alpha value is -4.01. The van der Waals surface area contributed by atoms with Crippen LogP contribution in [0.5, 0.6) is 0 Å². The van der Waals surface area contributed by atoms with Crippen LogP contribution in [0, 0.1) is 0 Å². The number of nitrogens with zero attached hydrogens (tertiary/aromatic N) is 5. The van der Waals surface area contributed by atoms with Gasteiger partial charge in [0.2, 0.25) is 0 Å². The van der Waals surface area contributed by atoms with Crippen LogP contribution in [-0.2, 0) is 27.2 Å². The average Bonchev–Trinajstić information content (AvgIpc) is 3.29. The van der Waals surface area contributed by atoms with Crippen molar-refractivity contribution in [1.82, 2.24) is 24.0 Å². The molecule has 9 heteroatoms. The summed E-state index contributed by atoms with van der Waals surface area (Å²) in [5, 5.41) is 0.199. The van der Waals surface area contributed by atoms with E-state index in [9.17, 15) is 14.4 Å². The van der Waals surface area contributed by atoms with Crippen LogP contribution in [-0.4, -0.2) is 29.9 Å². The zero-order valence-corrected chi connectivity index (χ0v) is 16.5. The number of rotatable bonds is 5. The highest BCUT2D eigenvalue weighted by Crippen LogP contribution is 2.16. The van der Waals surface area contributed by atoms with Gasteiger partial charge in [0, 0.05) is 39.2 Å². The Kier molecular flexibility index (Phi) is 5.01. The first-order valence-corrected chi connectivity index (χ1v) is 9.22. The van der Waals surface area contributed by atoms with Crippen LogP contribution >= 0.6 is 0 Å². The lowest BCUT2D eigenvalue weighted by molar-refractivity contribution is 0.0717. The number of carbonyl (C=O) groups is 1. The number of aromatic nitrogens is 4. The van der Waals surface area contributed by atoms with Crippen LogP contribution in [0.3, 0.4) is 0 Å². The van der Waals surface area contributed by atoms with Crippen LogP contribution in [0.25, 0.3) is 11.0 Å². The van der Waals surface area contributed by atoms with Gasteiger partial charge in [-0.15, -0.1) is 0 Å². The molecular formula is C21H19N5O4. The Labute approximate surface area is 170 Å². The molecule has 4 aromatic rings. The van der Waals surface area contributed by atoms with Gasteiger partial charge in [0.1, 0.15) is 11.4 Å². The molecule has 1 amide bonds. The molecule has 0 aromatic carbocycles. The molecule has 0 atom stereocenters. The van der Waals surface area contributed by atoms with Gasteiger partial charge >= 0.3 is 5.69 Å². The van der Waals surface area contributed by atoms with E-state index in [0.29, 0.717) is 12.3 Å². The van der Waals surface area contributed by atoms with E-state index in [1.54, 1.807) is 41.8 Å². The first-order chi connectivity index (χ1) is 14.5. The molecule has 0 saturated carbocycles. The molecule has 0 radical (unpaired) electrons. The molecule has 0 saturated heterocycles. The Bertz CT molecular complexity index is 1320. The fraction of sp³-hybridized carbons (Fsp3) is 0.190. The van der Waals surface area contributed by atoms with Crippen molar-refractivity contribution in [3.63, 3.8) is 0 Å². The van der Waals surface area contributed by atoms with Gasteiger partial charge in [-0.05, 0) is 29.8 Å². The third-order valence-electron chi connectivity index (χ3n) is 4.85. The molecule has 152 valence electrons. The number of hydrogen-bond donors (Lipinski definition) is 0. The van der Waals surface area contributed by atoms with Gasteiger partial charge in [-0.1, -0.05) is 6.07 Å². The molecular weight excluding hydrogens is 386 g/mol. The normalized spacial score (nSPS) is 11.0. The summed E-state index contributed by atoms with van der Waals surface area (Å²) in [4.78, 5) is 47.9. The molecule has 0 aliphatic rings. The van der Waals surface area contributed by atoms with E-state index in [2.05, 4.69) is 9.97 Å². The number of hydrogen-bond acceptors (Lipinski definition) is 6. The van der Waals surface area contributed by atoms with Gasteiger partial charge in [-0.2, -0.15) is 0 Å². The molecule has 0 bridgehead atoms. The molecule has 0 aliphatic heterocycles. The number of fused-ring (bicyclic) bond motifs is 1. The van der Waals surface area contributed by atoms with Crippen molar-refractivity contribution in [3.05, 3.63) is 92.9 Å². The van der Waals surface area contributed by atoms with Gasteiger partial charge in [0.25, 0.3) is 11.5 Å². The quantitative estimate of drug-likeness (QED) is 0.498. The topological polar surface area (TPSA) is 103 Å². The molecule has 0 N–H and O–H groups in total. The summed E-state index contributed by atoms with van der Waals surface area (Å²) in [5.41, 5.74) is 0.345. The zero-order chi connectivity index (χ0) is 21.3. The van der Waals surface area contributed by atoms with E-state index < -0.39 is 11.2 Å². The maximum absolute atomic E-state index is 13.3. The first kappa shape index (κ1) is 19.3. The summed E-state index contributed by atoms with van der Waals surface area (Å²) in [5.74, 6) is 0.305. The average molecular weight is 405 g/mol. The number of amides is 1. The second-order valence-electron chi connectivity index (χ2n) is 6.90. The minimum atomic E-state index is -0.500. The predicted octanol–water partition coefficient (Wildman–Crippen LogP) is 1.46. The van der Waals surface area contributed by atoms with E-state index in [0.717, 1.165) is 10.1 Å². The molecule has 4 rings (SSSR count). The largest absolute Gasteiger partial charge is 0.467 e. The number of furan rings is 1. The van der Waals surface area contributed by atoms with E-state index in [1.807, 2.05) is 6.07 Å². The number of pyridine rings is 2. The van der Waals surface area contributed by atoms with Crippen LogP contribution < -0.4 is 11.2 Å². The number of aryl methyl sites for hydroxylation is 1. The molecule has 30 heavy (non-hydrogen) atoms. The summed E-state index contributed by atoms with van der Waals surface area (Å²) in [6, 6.07) is 8.69. The lowest BCUT2D eigenvalue weighted by atomic mass is 10.1. The predicted molar refractivity (Wildman–Crippen MR) is 109 cm³/mol. The van der Waals surface area contributed by atoms with Crippen LogP contribution in [0.15, 0.2) is 69.2 Å². The molecule has 4 aromatic heterocycles. The van der Waals surface area contributed by atoms with E-state index in [1.165, 1.54) is 30.9 Å². The van der Waals surface area contributed by atoms with Crippen molar-refractivity contribution in [2.24, 2.45) is 14.1 Å². The SMILES string of the molecule is Cn1c(=O)c2cc(C(=O)N(Cc3cccnc3)Cc3ccco3)cnc2n(C)c1=O. The van der Waals surface area contributed by atoms with E-state index in [-0.39, 0.29) is 29.0 Å². The second kappa shape index (κ2) is 7.78. The molecule has 0 aliphatic carbocycles. The molecule has 9 nitrogen and oxygen atoms in total. The van der Waals surface area contributed by atoms with E-state index in [4.69, 9.17) is 4.42 Å². The van der Waals surface area contributed by atoms with Crippen LogP contribution in [0.2, 0.25) is 0 Å². The summed E-state index contributed by atoms with van der Waals surface area (Å²) in [6.07, 6.45) is 6.27. The van der Waals surface area contributed by atoms with Crippen molar-refractivity contribution in [3.8, 4) is 0 Å². The van der Waals surface area contributed by atoms with Gasteiger partial charge in [-0.25, -0.2) is 9.78 Å². The van der Waals surface area contributed by atoms with Crippen LogP contribution in [0.1, 0.15) is 21.7 Å². The Balaban J connectivity index is 1.76. The minimum absolute atomic E-state index is 0.199. The third-order valence-corrected chi connectivity index (χ3v) is 4.85. The van der Waals surface area contributed by atoms with Crippen LogP contribution in [0.4, 0.5) is 0 Å². The highest BCUT2D eigenvalue weighted by molar-refractivity contribution is 5.96. The fourth-order valence-corrected chi connectivity index (χ4v) is 3.27. The molecule has 0 fully saturated rings. The van der Waals surface area contributed by atoms with Crippen molar-refractivity contribution < 1.29 is 9.21 Å². The maximum atomic E-state index is 13.3. The van der Waals surface area contributed by atoms with Gasteiger partial charge in [0.05, 0.1) is 23.8 Å². The highest BCUT2D eigenvalue weighted by Gasteiger charge is 2.20.